The third-order valence-corrected chi connectivity index (χ3v) is 4.50. The molecule has 0 unspecified atom stereocenters. The number of aromatic nitrogens is 1. The summed E-state index contributed by atoms with van der Waals surface area (Å²) in [6.07, 6.45) is 0.727. The van der Waals surface area contributed by atoms with Crippen molar-refractivity contribution in [2.24, 2.45) is 0 Å². The summed E-state index contributed by atoms with van der Waals surface area (Å²) in [4.78, 5) is 12.2. The van der Waals surface area contributed by atoms with E-state index >= 15 is 0 Å². The van der Waals surface area contributed by atoms with Crippen molar-refractivity contribution in [1.82, 2.24) is 10.5 Å². The van der Waals surface area contributed by atoms with Gasteiger partial charge in [0.15, 0.2) is 0 Å². The summed E-state index contributed by atoms with van der Waals surface area (Å²) in [6.45, 7) is 4.66. The van der Waals surface area contributed by atoms with Crippen LogP contribution in [-0.2, 0) is 13.0 Å². The largest absolute Gasteiger partial charge is 0.489 e. The van der Waals surface area contributed by atoms with Crippen LogP contribution in [0.3, 0.4) is 0 Å². The lowest BCUT2D eigenvalue weighted by atomic mass is 10.1. The van der Waals surface area contributed by atoms with Gasteiger partial charge in [-0.15, -0.1) is 0 Å². The van der Waals surface area contributed by atoms with Crippen molar-refractivity contribution in [3.05, 3.63) is 81.7 Å². The van der Waals surface area contributed by atoms with Gasteiger partial charge in [-0.3, -0.25) is 4.79 Å². The second-order valence-corrected chi connectivity index (χ2v) is 6.69. The molecular formula is C21H21ClN2O3. The van der Waals surface area contributed by atoms with E-state index in [0.717, 1.165) is 29.0 Å². The van der Waals surface area contributed by atoms with E-state index < -0.39 is 0 Å². The smallest absolute Gasteiger partial charge is 0.251 e. The van der Waals surface area contributed by atoms with E-state index in [4.69, 9.17) is 20.9 Å². The molecule has 140 valence electrons. The number of nitrogens with zero attached hydrogens (tertiary/aromatic N) is 1. The Balaban J connectivity index is 1.49. The average Bonchev–Trinajstić information content (AvgIpc) is 2.98. The first-order valence-electron chi connectivity index (χ1n) is 8.70. The predicted molar refractivity (Wildman–Crippen MR) is 104 cm³/mol. The Morgan fingerprint density at radius 3 is 2.63 bits per heavy atom. The molecule has 0 spiro atoms. The number of carbonyl (C=O) groups excluding carboxylic acids is 1. The first-order chi connectivity index (χ1) is 13.0. The van der Waals surface area contributed by atoms with Crippen LogP contribution in [0, 0.1) is 13.8 Å². The molecule has 5 nitrogen and oxygen atoms in total. The van der Waals surface area contributed by atoms with Crippen LogP contribution in [0.5, 0.6) is 5.75 Å². The fourth-order valence-electron chi connectivity index (χ4n) is 2.68. The molecule has 0 bridgehead atoms. The third kappa shape index (κ3) is 5.11. The Hall–Kier alpha value is -2.79. The average molecular weight is 385 g/mol. The van der Waals surface area contributed by atoms with Crippen LogP contribution in [-0.4, -0.2) is 17.6 Å². The number of hydrogen-bond acceptors (Lipinski definition) is 4. The minimum atomic E-state index is -0.116. The van der Waals surface area contributed by atoms with Gasteiger partial charge in [0.25, 0.3) is 5.91 Å². The number of benzene rings is 2. The second kappa shape index (κ2) is 8.73. The minimum Gasteiger partial charge on any atom is -0.489 e. The Morgan fingerprint density at radius 1 is 1.19 bits per heavy atom. The van der Waals surface area contributed by atoms with Crippen LogP contribution in [0.1, 0.15) is 32.9 Å². The van der Waals surface area contributed by atoms with Gasteiger partial charge in [-0.25, -0.2) is 0 Å². The number of rotatable bonds is 7. The van der Waals surface area contributed by atoms with E-state index in [2.05, 4.69) is 10.5 Å². The summed E-state index contributed by atoms with van der Waals surface area (Å²) in [5.74, 6) is 1.32. The number of aryl methyl sites for hydroxylation is 2. The lowest BCUT2D eigenvalue weighted by Crippen LogP contribution is -2.25. The SMILES string of the molecule is Cc1noc(C)c1COc1ccc(C(=O)NCCc2cccc(Cl)c2)cc1. The third-order valence-electron chi connectivity index (χ3n) is 4.27. The maximum atomic E-state index is 12.2. The molecule has 1 N–H and O–H groups in total. The standard InChI is InChI=1S/C21H21ClN2O3/c1-14-20(15(2)27-24-14)13-26-19-8-6-17(7-9-19)21(25)23-11-10-16-4-3-5-18(22)12-16/h3-9,12H,10-11,13H2,1-2H3,(H,23,25). The van der Waals surface area contributed by atoms with Crippen molar-refractivity contribution in [1.29, 1.82) is 0 Å². The monoisotopic (exact) mass is 384 g/mol. The van der Waals surface area contributed by atoms with Crippen molar-refractivity contribution in [2.45, 2.75) is 26.9 Å². The number of carbonyl (C=O) groups is 1. The van der Waals surface area contributed by atoms with E-state index in [0.29, 0.717) is 29.5 Å². The Kier molecular flexibility index (Phi) is 6.14. The van der Waals surface area contributed by atoms with Crippen molar-refractivity contribution < 1.29 is 14.1 Å². The molecular weight excluding hydrogens is 364 g/mol. The van der Waals surface area contributed by atoms with Crippen LogP contribution in [0.25, 0.3) is 0 Å². The second-order valence-electron chi connectivity index (χ2n) is 6.25. The van der Waals surface area contributed by atoms with E-state index in [1.165, 1.54) is 0 Å². The number of amides is 1. The molecule has 0 atom stereocenters. The van der Waals surface area contributed by atoms with Gasteiger partial charge in [0, 0.05) is 17.1 Å². The molecule has 0 aliphatic carbocycles. The molecule has 1 heterocycles. The molecule has 0 saturated carbocycles. The van der Waals surface area contributed by atoms with Gasteiger partial charge in [-0.1, -0.05) is 28.9 Å². The number of halogens is 1. The van der Waals surface area contributed by atoms with E-state index in [-0.39, 0.29) is 5.91 Å². The molecule has 6 heteroatoms. The van der Waals surface area contributed by atoms with E-state index in [1.54, 1.807) is 24.3 Å². The molecule has 2 aromatic carbocycles. The van der Waals surface area contributed by atoms with Crippen molar-refractivity contribution in [2.75, 3.05) is 6.54 Å². The first-order valence-corrected chi connectivity index (χ1v) is 9.08. The van der Waals surface area contributed by atoms with Crippen molar-refractivity contribution in [3.8, 4) is 5.75 Å². The van der Waals surface area contributed by atoms with Crippen LogP contribution < -0.4 is 10.1 Å². The highest BCUT2D eigenvalue weighted by molar-refractivity contribution is 6.30. The molecule has 0 aliphatic heterocycles. The van der Waals surface area contributed by atoms with Gasteiger partial charge >= 0.3 is 0 Å². The molecule has 1 amide bonds. The molecule has 3 aromatic rings. The summed E-state index contributed by atoms with van der Waals surface area (Å²) in [7, 11) is 0. The fourth-order valence-corrected chi connectivity index (χ4v) is 2.89. The summed E-state index contributed by atoms with van der Waals surface area (Å²) >= 11 is 5.96. The van der Waals surface area contributed by atoms with Gasteiger partial charge in [0.2, 0.25) is 0 Å². The summed E-state index contributed by atoms with van der Waals surface area (Å²) in [6, 6.07) is 14.7. The van der Waals surface area contributed by atoms with Gasteiger partial charge in [-0.05, 0) is 62.2 Å². The normalized spacial score (nSPS) is 10.6. The molecule has 27 heavy (non-hydrogen) atoms. The minimum absolute atomic E-state index is 0.116. The summed E-state index contributed by atoms with van der Waals surface area (Å²) in [5.41, 5.74) is 3.44. The zero-order valence-corrected chi connectivity index (χ0v) is 16.0. The number of nitrogens with one attached hydrogen (secondary N) is 1. The van der Waals surface area contributed by atoms with Crippen molar-refractivity contribution in [3.63, 3.8) is 0 Å². The zero-order chi connectivity index (χ0) is 19.2. The summed E-state index contributed by atoms with van der Waals surface area (Å²) < 4.78 is 10.9. The summed E-state index contributed by atoms with van der Waals surface area (Å²) in [5, 5.41) is 7.52. The van der Waals surface area contributed by atoms with E-state index in [9.17, 15) is 4.79 Å². The Labute approximate surface area is 163 Å². The van der Waals surface area contributed by atoms with Crippen LogP contribution in [0.15, 0.2) is 53.1 Å². The molecule has 3 rings (SSSR count). The van der Waals surface area contributed by atoms with Crippen molar-refractivity contribution >= 4 is 17.5 Å². The highest BCUT2D eigenvalue weighted by atomic mass is 35.5. The quantitative estimate of drug-likeness (QED) is 0.651. The van der Waals surface area contributed by atoms with Gasteiger partial charge in [0.1, 0.15) is 18.1 Å². The fraction of sp³-hybridized carbons (Fsp3) is 0.238. The van der Waals surface area contributed by atoms with Gasteiger partial charge in [0.05, 0.1) is 11.3 Å². The maximum absolute atomic E-state index is 12.2. The first kappa shape index (κ1) is 19.0. The number of ether oxygens (including phenoxy) is 1. The Bertz CT molecular complexity index is 900. The van der Waals surface area contributed by atoms with Gasteiger partial charge in [-0.2, -0.15) is 0 Å². The molecule has 0 saturated heterocycles. The lowest BCUT2D eigenvalue weighted by molar-refractivity contribution is 0.0954. The highest BCUT2D eigenvalue weighted by Crippen LogP contribution is 2.18. The van der Waals surface area contributed by atoms with Crippen LogP contribution >= 0.6 is 11.6 Å². The molecule has 0 aliphatic rings. The topological polar surface area (TPSA) is 64.4 Å². The maximum Gasteiger partial charge on any atom is 0.251 e. The molecule has 0 fully saturated rings. The zero-order valence-electron chi connectivity index (χ0n) is 15.3. The van der Waals surface area contributed by atoms with E-state index in [1.807, 2.05) is 38.1 Å². The molecule has 1 aromatic heterocycles. The van der Waals surface area contributed by atoms with Crippen LogP contribution in [0.2, 0.25) is 5.02 Å². The number of hydrogen-bond donors (Lipinski definition) is 1. The van der Waals surface area contributed by atoms with Gasteiger partial charge < -0.3 is 14.6 Å². The predicted octanol–water partition coefficient (Wildman–Crippen LogP) is 4.50. The highest BCUT2D eigenvalue weighted by Gasteiger charge is 2.10. The Morgan fingerprint density at radius 2 is 1.96 bits per heavy atom. The molecule has 0 radical (unpaired) electrons. The lowest BCUT2D eigenvalue weighted by Gasteiger charge is -2.08. The van der Waals surface area contributed by atoms with Crippen LogP contribution in [0.4, 0.5) is 0 Å².